The molecule has 0 amide bonds. The quantitative estimate of drug-likeness (QED) is 0.467. The Labute approximate surface area is 66.7 Å². The van der Waals surface area contributed by atoms with Crippen molar-refractivity contribution in [2.45, 2.75) is 0 Å². The Morgan fingerprint density at radius 3 is 3.20 bits per heavy atom. The number of nitrogens with zero attached hydrogens (tertiary/aromatic N) is 2. The molecule has 3 nitrogen and oxygen atoms in total. The zero-order chi connectivity index (χ0) is 6.97. The monoisotopic (exact) mass is 126 g/mol. The number of fused-ring (bicyclic) bond motifs is 1. The molecular formula is C6H3LiN2O. The molecule has 0 saturated heterocycles. The van der Waals surface area contributed by atoms with Gasteiger partial charge >= 0.3 is 66.2 Å². The molecule has 0 aromatic carbocycles. The Kier molecular flexibility index (Phi) is 1.26. The molecule has 0 atom stereocenters. The number of aromatic nitrogens is 2. The van der Waals surface area contributed by atoms with Gasteiger partial charge in [0, 0.05) is 0 Å². The number of rotatable bonds is 0. The molecule has 0 bridgehead atoms. The molecule has 2 aromatic rings. The van der Waals surface area contributed by atoms with Crippen molar-refractivity contribution >= 4 is 33.5 Å². The summed E-state index contributed by atoms with van der Waals surface area (Å²) >= 11 is 1.81. The molecule has 0 N–H and O–H groups in total. The Hall–Kier alpha value is -0.783. The van der Waals surface area contributed by atoms with Crippen molar-refractivity contribution in [1.29, 1.82) is 0 Å². The first-order chi connectivity index (χ1) is 4.86. The van der Waals surface area contributed by atoms with Crippen LogP contribution in [0.4, 0.5) is 0 Å². The Balaban J connectivity index is 2.88. The fraction of sp³-hybridized carbons (Fsp3) is 0. The van der Waals surface area contributed by atoms with Crippen molar-refractivity contribution in [1.82, 2.24) is 9.97 Å². The first kappa shape index (κ1) is 5.96. The van der Waals surface area contributed by atoms with E-state index in [0.29, 0.717) is 10.3 Å². The minimum atomic E-state index is 0.611. The van der Waals surface area contributed by atoms with Crippen LogP contribution < -0.4 is 4.56 Å². The van der Waals surface area contributed by atoms with E-state index in [1.54, 1.807) is 6.20 Å². The average Bonchev–Trinajstić information content (AvgIpc) is 2.27. The summed E-state index contributed by atoms with van der Waals surface area (Å²) in [7, 11) is 0. The molecule has 4 heteroatoms. The summed E-state index contributed by atoms with van der Waals surface area (Å²) in [6.45, 7) is 0. The number of hydrogen-bond donors (Lipinski definition) is 0. The van der Waals surface area contributed by atoms with Gasteiger partial charge in [0.1, 0.15) is 0 Å². The maximum absolute atomic E-state index is 5.15. The number of oxazole rings is 1. The molecule has 2 rings (SSSR count). The summed E-state index contributed by atoms with van der Waals surface area (Å²) in [4.78, 5) is 8.06. The van der Waals surface area contributed by atoms with Crippen LogP contribution >= 0.6 is 0 Å². The molecule has 2 heterocycles. The molecule has 0 aliphatic rings. The second-order valence-electron chi connectivity index (χ2n) is 2.06. The third-order valence-electron chi connectivity index (χ3n) is 1.27. The van der Waals surface area contributed by atoms with E-state index in [1.807, 2.05) is 29.8 Å². The summed E-state index contributed by atoms with van der Waals surface area (Å²) in [6.07, 6.45) is 1.69. The van der Waals surface area contributed by atoms with Gasteiger partial charge in [-0.15, -0.1) is 0 Å². The van der Waals surface area contributed by atoms with Gasteiger partial charge in [0.15, 0.2) is 0 Å². The van der Waals surface area contributed by atoms with E-state index in [1.165, 1.54) is 0 Å². The molecule has 44 valence electrons. The molecule has 0 aliphatic heterocycles. The second kappa shape index (κ2) is 2.12. The first-order valence-corrected chi connectivity index (χ1v) is 3.04. The van der Waals surface area contributed by atoms with Crippen LogP contribution in [0.15, 0.2) is 22.7 Å². The van der Waals surface area contributed by atoms with Gasteiger partial charge in [-0.2, -0.15) is 0 Å². The van der Waals surface area contributed by atoms with E-state index in [-0.39, 0.29) is 0 Å². The van der Waals surface area contributed by atoms with Crippen molar-refractivity contribution in [2.24, 2.45) is 0 Å². The summed E-state index contributed by atoms with van der Waals surface area (Å²) in [5, 5.41) is 0. The topological polar surface area (TPSA) is 38.9 Å². The van der Waals surface area contributed by atoms with Crippen LogP contribution in [0.25, 0.3) is 11.2 Å². The van der Waals surface area contributed by atoms with Gasteiger partial charge in [-0.1, -0.05) is 0 Å². The predicted molar refractivity (Wildman–Crippen MR) is 37.2 cm³/mol. The van der Waals surface area contributed by atoms with Gasteiger partial charge in [0.25, 0.3) is 0 Å². The van der Waals surface area contributed by atoms with Crippen molar-refractivity contribution in [2.75, 3.05) is 0 Å². The van der Waals surface area contributed by atoms with Crippen LogP contribution in [-0.4, -0.2) is 27.7 Å². The Morgan fingerprint density at radius 1 is 1.50 bits per heavy atom. The third-order valence-corrected chi connectivity index (χ3v) is 1.27. The van der Waals surface area contributed by atoms with Crippen molar-refractivity contribution < 1.29 is 4.42 Å². The zero-order valence-corrected chi connectivity index (χ0v) is 5.53. The number of pyridine rings is 1. The summed E-state index contributed by atoms with van der Waals surface area (Å²) in [5.74, 6) is 0. The summed E-state index contributed by atoms with van der Waals surface area (Å²) < 4.78 is 5.81. The average molecular weight is 126 g/mol. The normalized spacial score (nSPS) is 10.6. The molecule has 0 saturated carbocycles. The molecule has 0 spiro atoms. The summed E-state index contributed by atoms with van der Waals surface area (Å²) in [5.41, 5.74) is 1.43. The molecule has 0 radical (unpaired) electrons. The number of hydrogen-bond acceptors (Lipinski definition) is 3. The van der Waals surface area contributed by atoms with Gasteiger partial charge in [0.2, 0.25) is 0 Å². The SMILES string of the molecule is [Li][c]1nc2cccnc2o1. The standard InChI is InChI=1S/C6H3N2O.Li/c1-2-5-6(7-3-1)9-4-8-5;/h1-3H;. The van der Waals surface area contributed by atoms with E-state index in [2.05, 4.69) is 9.97 Å². The van der Waals surface area contributed by atoms with E-state index in [9.17, 15) is 0 Å². The summed E-state index contributed by atoms with van der Waals surface area (Å²) in [6, 6.07) is 3.71. The van der Waals surface area contributed by atoms with Crippen molar-refractivity contribution in [3.05, 3.63) is 18.3 Å². The fourth-order valence-electron chi connectivity index (χ4n) is 0.878. The molecule has 0 unspecified atom stereocenters. The minimum absolute atomic E-state index is 0.611. The van der Waals surface area contributed by atoms with Gasteiger partial charge in [0.05, 0.1) is 0 Å². The van der Waals surface area contributed by atoms with Crippen LogP contribution in [0.2, 0.25) is 0 Å². The van der Waals surface area contributed by atoms with Gasteiger partial charge in [-0.3, -0.25) is 0 Å². The molecule has 0 aliphatic carbocycles. The van der Waals surface area contributed by atoms with Gasteiger partial charge in [-0.25, -0.2) is 0 Å². The Morgan fingerprint density at radius 2 is 2.40 bits per heavy atom. The predicted octanol–water partition coefficient (Wildman–Crippen LogP) is 0.0166. The third kappa shape index (κ3) is 0.841. The van der Waals surface area contributed by atoms with Crippen LogP contribution in [0, 0.1) is 0 Å². The molecule has 10 heavy (non-hydrogen) atoms. The maximum atomic E-state index is 5.15. The van der Waals surface area contributed by atoms with Gasteiger partial charge < -0.3 is 0 Å². The van der Waals surface area contributed by atoms with E-state index < -0.39 is 0 Å². The van der Waals surface area contributed by atoms with Crippen molar-refractivity contribution in [3.8, 4) is 0 Å². The molecule has 2 aromatic heterocycles. The second-order valence-corrected chi connectivity index (χ2v) is 2.06. The fourth-order valence-corrected chi connectivity index (χ4v) is 0.878. The van der Waals surface area contributed by atoms with Crippen LogP contribution in [-0.2, 0) is 0 Å². The zero-order valence-electron chi connectivity index (χ0n) is 5.53. The van der Waals surface area contributed by atoms with Crippen LogP contribution in [0.5, 0.6) is 0 Å². The Bertz CT molecular complexity index is 324. The van der Waals surface area contributed by atoms with Gasteiger partial charge in [-0.05, 0) is 0 Å². The first-order valence-electron chi connectivity index (χ1n) is 3.04. The van der Waals surface area contributed by atoms with Crippen LogP contribution in [0.3, 0.4) is 0 Å². The molecular weight excluding hydrogens is 123 g/mol. The van der Waals surface area contributed by atoms with E-state index in [4.69, 9.17) is 4.42 Å². The van der Waals surface area contributed by atoms with Crippen molar-refractivity contribution in [3.63, 3.8) is 0 Å². The molecule has 0 fully saturated rings. The van der Waals surface area contributed by atoms with E-state index in [0.717, 1.165) is 5.52 Å². The van der Waals surface area contributed by atoms with E-state index >= 15 is 0 Å². The van der Waals surface area contributed by atoms with Crippen LogP contribution in [0.1, 0.15) is 0 Å².